The zero-order valence-electron chi connectivity index (χ0n) is 11.9. The van der Waals surface area contributed by atoms with Gasteiger partial charge in [-0.2, -0.15) is 0 Å². The number of hydrogen-bond acceptors (Lipinski definition) is 3. The number of carbonyl (C=O) groups is 2. The highest BCUT2D eigenvalue weighted by molar-refractivity contribution is 5.78. The van der Waals surface area contributed by atoms with E-state index in [9.17, 15) is 9.59 Å². The fourth-order valence-corrected chi connectivity index (χ4v) is 1.48. The number of Topliss-reactive ketones (excluding diaryl/α,β-unsaturated/α-hetero) is 1. The molecule has 0 radical (unpaired) electrons. The minimum Gasteiger partial charge on any atom is -0.444 e. The summed E-state index contributed by atoms with van der Waals surface area (Å²) in [5.41, 5.74) is -0.476. The van der Waals surface area contributed by atoms with Gasteiger partial charge in [0.25, 0.3) is 0 Å². The summed E-state index contributed by atoms with van der Waals surface area (Å²) < 4.78 is 5.23. The Bertz CT molecular complexity index is 268. The zero-order chi connectivity index (χ0) is 13.6. The number of carbonyl (C=O) groups excluding carboxylic acids is 2. The van der Waals surface area contributed by atoms with Crippen LogP contribution in [0.5, 0.6) is 0 Å². The number of amides is 1. The third-order valence-electron chi connectivity index (χ3n) is 2.59. The van der Waals surface area contributed by atoms with E-state index in [4.69, 9.17) is 4.74 Å². The minimum absolute atomic E-state index is 0.0416. The van der Waals surface area contributed by atoms with Crippen LogP contribution in [0.25, 0.3) is 0 Å². The molecule has 0 N–H and O–H groups in total. The summed E-state index contributed by atoms with van der Waals surface area (Å²) >= 11 is 0. The molecule has 0 aliphatic rings. The Hall–Kier alpha value is -1.06. The van der Waals surface area contributed by atoms with Crippen molar-refractivity contribution in [1.29, 1.82) is 0 Å². The molecule has 100 valence electrons. The maximum absolute atomic E-state index is 11.6. The molecule has 0 bridgehead atoms. The van der Waals surface area contributed by atoms with E-state index in [0.717, 1.165) is 6.42 Å². The average molecular weight is 243 g/mol. The molecule has 0 aliphatic carbocycles. The van der Waals surface area contributed by atoms with Gasteiger partial charge in [0.2, 0.25) is 0 Å². The van der Waals surface area contributed by atoms with Crippen LogP contribution in [0.2, 0.25) is 0 Å². The van der Waals surface area contributed by atoms with Crippen LogP contribution in [0.4, 0.5) is 4.79 Å². The van der Waals surface area contributed by atoms with Gasteiger partial charge >= 0.3 is 6.09 Å². The average Bonchev–Trinajstić information content (AvgIpc) is 2.15. The molecule has 17 heavy (non-hydrogen) atoms. The first kappa shape index (κ1) is 15.9. The Morgan fingerprint density at radius 3 is 2.18 bits per heavy atom. The van der Waals surface area contributed by atoms with Gasteiger partial charge in [-0.05, 0) is 40.5 Å². The first-order valence-electron chi connectivity index (χ1n) is 6.12. The van der Waals surface area contributed by atoms with Crippen LogP contribution < -0.4 is 0 Å². The highest BCUT2D eigenvalue weighted by Crippen LogP contribution is 2.12. The Balaban J connectivity index is 4.13. The summed E-state index contributed by atoms with van der Waals surface area (Å²) in [7, 11) is 1.70. The molecule has 0 aromatic heterocycles. The van der Waals surface area contributed by atoms with E-state index in [0.29, 0.717) is 13.0 Å². The quantitative estimate of drug-likeness (QED) is 0.746. The Morgan fingerprint density at radius 2 is 1.82 bits per heavy atom. The van der Waals surface area contributed by atoms with Crippen LogP contribution in [-0.4, -0.2) is 36.0 Å². The molecule has 0 saturated carbocycles. The van der Waals surface area contributed by atoms with E-state index < -0.39 is 5.60 Å². The van der Waals surface area contributed by atoms with Gasteiger partial charge in [-0.1, -0.05) is 6.92 Å². The summed E-state index contributed by atoms with van der Waals surface area (Å²) in [6, 6.07) is 0. The van der Waals surface area contributed by atoms with Crippen molar-refractivity contribution in [2.45, 2.75) is 53.1 Å². The van der Waals surface area contributed by atoms with Crippen molar-refractivity contribution < 1.29 is 14.3 Å². The van der Waals surface area contributed by atoms with Crippen LogP contribution in [0.15, 0.2) is 0 Å². The number of nitrogens with zero attached hydrogens (tertiary/aromatic N) is 1. The molecule has 1 atom stereocenters. The third kappa shape index (κ3) is 6.97. The standard InChI is InChI=1S/C13H25NO3/c1-7-11(10(2)15)8-9-14(6)12(16)17-13(3,4)5/h11H,7-9H2,1-6H3. The van der Waals surface area contributed by atoms with Crippen LogP contribution in [0.1, 0.15) is 47.5 Å². The molecule has 0 fully saturated rings. The van der Waals surface area contributed by atoms with E-state index >= 15 is 0 Å². The van der Waals surface area contributed by atoms with Gasteiger partial charge in [-0.3, -0.25) is 4.79 Å². The molecule has 0 aromatic rings. The van der Waals surface area contributed by atoms with E-state index in [-0.39, 0.29) is 17.8 Å². The summed E-state index contributed by atoms with van der Waals surface area (Å²) in [6.07, 6.45) is 1.18. The van der Waals surface area contributed by atoms with E-state index in [1.54, 1.807) is 14.0 Å². The predicted octanol–water partition coefficient (Wildman–Crippen LogP) is 2.86. The van der Waals surface area contributed by atoms with Crippen molar-refractivity contribution in [2.75, 3.05) is 13.6 Å². The third-order valence-corrected chi connectivity index (χ3v) is 2.59. The van der Waals surface area contributed by atoms with Gasteiger partial charge in [0.15, 0.2) is 0 Å². The van der Waals surface area contributed by atoms with Crippen molar-refractivity contribution in [3.8, 4) is 0 Å². The van der Waals surface area contributed by atoms with Crippen LogP contribution in [0.3, 0.4) is 0 Å². The molecule has 1 amide bonds. The van der Waals surface area contributed by atoms with Gasteiger partial charge in [0, 0.05) is 19.5 Å². The molecule has 0 heterocycles. The fraction of sp³-hybridized carbons (Fsp3) is 0.846. The van der Waals surface area contributed by atoms with Gasteiger partial charge in [-0.25, -0.2) is 4.79 Å². The normalized spacial score (nSPS) is 13.1. The zero-order valence-corrected chi connectivity index (χ0v) is 11.9. The van der Waals surface area contributed by atoms with Crippen LogP contribution >= 0.6 is 0 Å². The number of hydrogen-bond donors (Lipinski definition) is 0. The Kier molecular flexibility index (Phi) is 6.21. The molecule has 0 aliphatic heterocycles. The van der Waals surface area contributed by atoms with E-state index in [2.05, 4.69) is 0 Å². The van der Waals surface area contributed by atoms with Crippen molar-refractivity contribution in [1.82, 2.24) is 4.90 Å². The SMILES string of the molecule is CCC(CCN(C)C(=O)OC(C)(C)C)C(C)=O. The lowest BCUT2D eigenvalue weighted by Gasteiger charge is -2.25. The van der Waals surface area contributed by atoms with Gasteiger partial charge in [0.05, 0.1) is 0 Å². The Morgan fingerprint density at radius 1 is 1.29 bits per heavy atom. The molecule has 4 heteroatoms. The second kappa shape index (κ2) is 6.62. The molecule has 0 rings (SSSR count). The second-order valence-electron chi connectivity index (χ2n) is 5.41. The van der Waals surface area contributed by atoms with Crippen molar-refractivity contribution >= 4 is 11.9 Å². The van der Waals surface area contributed by atoms with E-state index in [1.165, 1.54) is 4.90 Å². The first-order chi connectivity index (χ1) is 7.67. The topological polar surface area (TPSA) is 46.6 Å². The van der Waals surface area contributed by atoms with Gasteiger partial charge in [0.1, 0.15) is 11.4 Å². The van der Waals surface area contributed by atoms with Crippen LogP contribution in [0, 0.1) is 5.92 Å². The molecule has 0 aromatic carbocycles. The fourth-order valence-electron chi connectivity index (χ4n) is 1.48. The molecule has 0 saturated heterocycles. The smallest absolute Gasteiger partial charge is 0.410 e. The molecule has 0 spiro atoms. The lowest BCUT2D eigenvalue weighted by molar-refractivity contribution is -0.121. The molecule has 1 unspecified atom stereocenters. The lowest BCUT2D eigenvalue weighted by atomic mass is 9.98. The van der Waals surface area contributed by atoms with Crippen molar-refractivity contribution in [3.63, 3.8) is 0 Å². The molecular weight excluding hydrogens is 218 g/mol. The van der Waals surface area contributed by atoms with Crippen molar-refractivity contribution in [2.24, 2.45) is 5.92 Å². The van der Waals surface area contributed by atoms with Gasteiger partial charge in [-0.15, -0.1) is 0 Å². The summed E-state index contributed by atoms with van der Waals surface area (Å²) in [5.74, 6) is 0.227. The minimum atomic E-state index is -0.476. The number of rotatable bonds is 5. The molecular formula is C13H25NO3. The lowest BCUT2D eigenvalue weighted by Crippen LogP contribution is -2.35. The maximum atomic E-state index is 11.6. The van der Waals surface area contributed by atoms with E-state index in [1.807, 2.05) is 27.7 Å². The van der Waals surface area contributed by atoms with Crippen LogP contribution in [-0.2, 0) is 9.53 Å². The summed E-state index contributed by atoms with van der Waals surface area (Å²) in [4.78, 5) is 24.4. The highest BCUT2D eigenvalue weighted by Gasteiger charge is 2.20. The Labute approximate surface area is 104 Å². The predicted molar refractivity (Wildman–Crippen MR) is 67.9 cm³/mol. The molecule has 4 nitrogen and oxygen atoms in total. The number of ketones is 1. The summed E-state index contributed by atoms with van der Waals surface area (Å²) in [5, 5.41) is 0. The maximum Gasteiger partial charge on any atom is 0.410 e. The first-order valence-corrected chi connectivity index (χ1v) is 6.12. The second-order valence-corrected chi connectivity index (χ2v) is 5.41. The van der Waals surface area contributed by atoms with Crippen molar-refractivity contribution in [3.05, 3.63) is 0 Å². The highest BCUT2D eigenvalue weighted by atomic mass is 16.6. The number of ether oxygens (including phenoxy) is 1. The largest absolute Gasteiger partial charge is 0.444 e. The summed E-state index contributed by atoms with van der Waals surface area (Å²) in [6.45, 7) is 9.64. The monoisotopic (exact) mass is 243 g/mol. The van der Waals surface area contributed by atoms with Gasteiger partial charge < -0.3 is 9.64 Å².